The molecule has 1 aromatic heterocycles. The maximum atomic E-state index is 13.1. The van der Waals surface area contributed by atoms with Gasteiger partial charge in [0.15, 0.2) is 11.5 Å². The van der Waals surface area contributed by atoms with E-state index in [0.29, 0.717) is 19.0 Å². The molecule has 3 heterocycles. The predicted octanol–water partition coefficient (Wildman–Crippen LogP) is 4.85. The Morgan fingerprint density at radius 2 is 1.96 bits per heavy atom. The third-order valence-electron chi connectivity index (χ3n) is 5.31. The van der Waals surface area contributed by atoms with Gasteiger partial charge in [0.05, 0.1) is 11.8 Å². The van der Waals surface area contributed by atoms with Gasteiger partial charge in [0, 0.05) is 17.9 Å². The molecular weight excluding hydrogens is 374 g/mol. The Balaban J connectivity index is 1.44. The molecule has 2 aliphatic rings. The van der Waals surface area contributed by atoms with E-state index < -0.39 is 0 Å². The zero-order valence-corrected chi connectivity index (χ0v) is 17.1. The number of hydrogen-bond acceptors (Lipinski definition) is 5. The Morgan fingerprint density at radius 3 is 2.79 bits per heavy atom. The van der Waals surface area contributed by atoms with Crippen molar-refractivity contribution in [3.8, 4) is 11.5 Å². The number of amides is 1. The third kappa shape index (κ3) is 4.32. The van der Waals surface area contributed by atoms with Crippen molar-refractivity contribution in [1.82, 2.24) is 4.90 Å². The Hall–Kier alpha value is -2.08. The molecule has 150 valence electrons. The van der Waals surface area contributed by atoms with Gasteiger partial charge in [-0.15, -0.1) is 11.8 Å². The molecule has 0 radical (unpaired) electrons. The van der Waals surface area contributed by atoms with Gasteiger partial charge in [0.2, 0.25) is 5.91 Å². The van der Waals surface area contributed by atoms with Crippen molar-refractivity contribution >= 4 is 17.7 Å². The SMILES string of the molecule is CCc1ccc(C2CCCCCN2C(=O)CSc2ccc3c(c2)OCCO3)o1. The van der Waals surface area contributed by atoms with Crippen LogP contribution in [0.4, 0.5) is 0 Å². The molecule has 2 aromatic rings. The number of benzene rings is 1. The second-order valence-corrected chi connectivity index (χ2v) is 8.25. The van der Waals surface area contributed by atoms with Gasteiger partial charge < -0.3 is 18.8 Å². The molecular formula is C22H27NO4S. The number of ether oxygens (including phenoxy) is 2. The average Bonchev–Trinajstić information content (AvgIpc) is 3.08. The van der Waals surface area contributed by atoms with E-state index in [1.807, 2.05) is 35.2 Å². The Labute approximate surface area is 170 Å². The van der Waals surface area contributed by atoms with Gasteiger partial charge in [-0.05, 0) is 43.2 Å². The Morgan fingerprint density at radius 1 is 1.11 bits per heavy atom. The number of carbonyl (C=O) groups is 1. The predicted molar refractivity (Wildman–Crippen MR) is 109 cm³/mol. The number of likely N-dealkylation sites (tertiary alicyclic amines) is 1. The number of aryl methyl sites for hydroxylation is 1. The Bertz CT molecular complexity index is 819. The normalized spacial score (nSPS) is 19.3. The summed E-state index contributed by atoms with van der Waals surface area (Å²) in [6.45, 7) is 4.04. The van der Waals surface area contributed by atoms with Crippen LogP contribution in [-0.4, -0.2) is 36.3 Å². The van der Waals surface area contributed by atoms with Crippen molar-refractivity contribution in [3.63, 3.8) is 0 Å². The van der Waals surface area contributed by atoms with Crippen LogP contribution >= 0.6 is 11.8 Å². The minimum absolute atomic E-state index is 0.0520. The molecule has 1 atom stereocenters. The van der Waals surface area contributed by atoms with Crippen LogP contribution in [0.25, 0.3) is 0 Å². The van der Waals surface area contributed by atoms with Gasteiger partial charge in [-0.3, -0.25) is 4.79 Å². The molecule has 28 heavy (non-hydrogen) atoms. The number of furan rings is 1. The van der Waals surface area contributed by atoms with Gasteiger partial charge in [0.1, 0.15) is 24.7 Å². The van der Waals surface area contributed by atoms with Crippen LogP contribution < -0.4 is 9.47 Å². The van der Waals surface area contributed by atoms with E-state index in [1.165, 1.54) is 0 Å². The van der Waals surface area contributed by atoms with E-state index in [4.69, 9.17) is 13.9 Å². The molecule has 2 aliphatic heterocycles. The van der Waals surface area contributed by atoms with Crippen LogP contribution in [0.1, 0.15) is 50.2 Å². The van der Waals surface area contributed by atoms with Crippen LogP contribution in [0.15, 0.2) is 39.6 Å². The summed E-state index contributed by atoms with van der Waals surface area (Å²) in [7, 11) is 0. The standard InChI is InChI=1S/C22H27NO4S/c1-2-16-7-9-19(27-16)18-6-4-3-5-11-23(18)22(24)15-28-17-8-10-20-21(14-17)26-13-12-25-20/h7-10,14,18H,2-6,11-13,15H2,1H3. The maximum Gasteiger partial charge on any atom is 0.233 e. The van der Waals surface area contributed by atoms with Crippen LogP contribution in [0, 0.1) is 0 Å². The number of fused-ring (bicyclic) bond motifs is 1. The fraction of sp³-hybridized carbons (Fsp3) is 0.500. The zero-order chi connectivity index (χ0) is 19.3. The molecule has 5 nitrogen and oxygen atoms in total. The Kier molecular flexibility index (Phi) is 6.15. The van der Waals surface area contributed by atoms with Gasteiger partial charge in [-0.2, -0.15) is 0 Å². The molecule has 0 saturated carbocycles. The van der Waals surface area contributed by atoms with Gasteiger partial charge >= 0.3 is 0 Å². The highest BCUT2D eigenvalue weighted by atomic mass is 32.2. The lowest BCUT2D eigenvalue weighted by atomic mass is 10.1. The van der Waals surface area contributed by atoms with Crippen LogP contribution in [-0.2, 0) is 11.2 Å². The fourth-order valence-corrected chi connectivity index (χ4v) is 4.62. The lowest BCUT2D eigenvalue weighted by Gasteiger charge is -2.28. The summed E-state index contributed by atoms with van der Waals surface area (Å²) in [5, 5.41) is 0. The lowest BCUT2D eigenvalue weighted by Crippen LogP contribution is -2.35. The molecule has 0 bridgehead atoms. The highest BCUT2D eigenvalue weighted by Gasteiger charge is 2.29. The number of nitrogens with zero attached hydrogens (tertiary/aromatic N) is 1. The van der Waals surface area contributed by atoms with Crippen molar-refractivity contribution in [2.24, 2.45) is 0 Å². The summed E-state index contributed by atoms with van der Waals surface area (Å²) in [6, 6.07) is 10.0. The molecule has 4 rings (SSSR count). The van der Waals surface area contributed by atoms with Crippen LogP contribution in [0.5, 0.6) is 11.5 Å². The van der Waals surface area contributed by atoms with Gasteiger partial charge in [-0.25, -0.2) is 0 Å². The van der Waals surface area contributed by atoms with E-state index in [0.717, 1.165) is 66.6 Å². The molecule has 1 unspecified atom stereocenters. The minimum atomic E-state index is 0.0520. The zero-order valence-electron chi connectivity index (χ0n) is 16.3. The summed E-state index contributed by atoms with van der Waals surface area (Å²) in [6.07, 6.45) is 5.19. The van der Waals surface area contributed by atoms with Gasteiger partial charge in [-0.1, -0.05) is 19.8 Å². The second-order valence-electron chi connectivity index (χ2n) is 7.20. The van der Waals surface area contributed by atoms with Crippen molar-refractivity contribution in [1.29, 1.82) is 0 Å². The van der Waals surface area contributed by atoms with Crippen LogP contribution in [0.2, 0.25) is 0 Å². The topological polar surface area (TPSA) is 51.9 Å². The van der Waals surface area contributed by atoms with E-state index in [1.54, 1.807) is 11.8 Å². The molecule has 1 fully saturated rings. The first-order valence-electron chi connectivity index (χ1n) is 10.1. The first-order valence-corrected chi connectivity index (χ1v) is 11.1. The van der Waals surface area contributed by atoms with E-state index in [2.05, 4.69) is 6.92 Å². The maximum absolute atomic E-state index is 13.1. The summed E-state index contributed by atoms with van der Waals surface area (Å²) in [5.41, 5.74) is 0. The lowest BCUT2D eigenvalue weighted by molar-refractivity contribution is -0.131. The van der Waals surface area contributed by atoms with E-state index >= 15 is 0 Å². The smallest absolute Gasteiger partial charge is 0.233 e. The molecule has 0 N–H and O–H groups in total. The number of rotatable bonds is 5. The molecule has 0 aliphatic carbocycles. The molecule has 1 aromatic carbocycles. The van der Waals surface area contributed by atoms with Crippen molar-refractivity contribution in [2.45, 2.75) is 50.0 Å². The number of carbonyl (C=O) groups excluding carboxylic acids is 1. The van der Waals surface area contributed by atoms with Crippen LogP contribution in [0.3, 0.4) is 0 Å². The summed E-state index contributed by atoms with van der Waals surface area (Å²) in [5.74, 6) is 4.03. The van der Waals surface area contributed by atoms with Crippen molar-refractivity contribution in [3.05, 3.63) is 41.9 Å². The summed E-state index contributed by atoms with van der Waals surface area (Å²) < 4.78 is 17.2. The minimum Gasteiger partial charge on any atom is -0.486 e. The molecule has 0 spiro atoms. The first-order chi connectivity index (χ1) is 13.7. The second kappa shape index (κ2) is 8.95. The van der Waals surface area contributed by atoms with Crippen molar-refractivity contribution in [2.75, 3.05) is 25.5 Å². The van der Waals surface area contributed by atoms with Crippen molar-refractivity contribution < 1.29 is 18.7 Å². The molecule has 6 heteroatoms. The highest BCUT2D eigenvalue weighted by molar-refractivity contribution is 8.00. The first kappa shape index (κ1) is 19.2. The highest BCUT2D eigenvalue weighted by Crippen LogP contribution is 2.35. The quantitative estimate of drug-likeness (QED) is 0.671. The largest absolute Gasteiger partial charge is 0.486 e. The number of hydrogen-bond donors (Lipinski definition) is 0. The molecule has 1 saturated heterocycles. The summed E-state index contributed by atoms with van der Waals surface area (Å²) >= 11 is 1.55. The fourth-order valence-electron chi connectivity index (χ4n) is 3.81. The average molecular weight is 402 g/mol. The van der Waals surface area contributed by atoms with Gasteiger partial charge in [0.25, 0.3) is 0 Å². The number of thioether (sulfide) groups is 1. The third-order valence-corrected chi connectivity index (χ3v) is 6.29. The monoisotopic (exact) mass is 401 g/mol. The molecule has 1 amide bonds. The van der Waals surface area contributed by atoms with E-state index in [-0.39, 0.29) is 11.9 Å². The van der Waals surface area contributed by atoms with E-state index in [9.17, 15) is 4.79 Å². The summed E-state index contributed by atoms with van der Waals surface area (Å²) in [4.78, 5) is 16.1.